The minimum atomic E-state index is -0.148. The van der Waals surface area contributed by atoms with E-state index in [1.807, 2.05) is 16.1 Å². The van der Waals surface area contributed by atoms with E-state index in [1.54, 1.807) is 17.0 Å². The molecule has 1 saturated heterocycles. The third-order valence-electron chi connectivity index (χ3n) is 5.20. The van der Waals surface area contributed by atoms with Crippen LogP contribution in [0.1, 0.15) is 34.5 Å². The van der Waals surface area contributed by atoms with Crippen LogP contribution in [0.5, 0.6) is 0 Å². The van der Waals surface area contributed by atoms with Crippen LogP contribution in [-0.2, 0) is 11.3 Å². The van der Waals surface area contributed by atoms with Crippen molar-refractivity contribution in [3.8, 4) is 0 Å². The molecule has 0 bridgehead atoms. The van der Waals surface area contributed by atoms with Crippen LogP contribution in [0, 0.1) is 12.8 Å². The Morgan fingerprint density at radius 1 is 1.17 bits per heavy atom. The molecular weight excluding hydrogens is 386 g/mol. The summed E-state index contributed by atoms with van der Waals surface area (Å²) in [5, 5.41) is 1.95. The van der Waals surface area contributed by atoms with Crippen molar-refractivity contribution in [3.05, 3.63) is 75.9 Å². The minimum Gasteiger partial charge on any atom is -0.459 e. The maximum Gasteiger partial charge on any atom is 0.289 e. The van der Waals surface area contributed by atoms with Crippen LogP contribution < -0.4 is 4.80 Å². The summed E-state index contributed by atoms with van der Waals surface area (Å²) in [5.41, 5.74) is 2.40. The van der Waals surface area contributed by atoms with Gasteiger partial charge in [-0.3, -0.25) is 9.59 Å². The normalized spacial score (nSPS) is 15.6. The van der Waals surface area contributed by atoms with Crippen molar-refractivity contribution < 1.29 is 14.0 Å². The molecule has 0 N–H and O–H groups in total. The van der Waals surface area contributed by atoms with E-state index in [1.165, 1.54) is 28.7 Å². The average Bonchev–Trinajstić information content (AvgIpc) is 3.42. The van der Waals surface area contributed by atoms with Crippen LogP contribution in [0.2, 0.25) is 0 Å². The van der Waals surface area contributed by atoms with Crippen LogP contribution in [0.15, 0.2) is 63.6 Å². The van der Waals surface area contributed by atoms with Crippen molar-refractivity contribution in [3.63, 3.8) is 0 Å². The number of likely N-dealkylation sites (tertiary alicyclic amines) is 1. The molecule has 0 saturated carbocycles. The fourth-order valence-electron chi connectivity index (χ4n) is 3.47. The molecule has 1 aromatic carbocycles. The molecule has 1 aliphatic heterocycles. The molecule has 1 aliphatic rings. The first-order valence-corrected chi connectivity index (χ1v) is 10.6. The third-order valence-corrected chi connectivity index (χ3v) is 6.00. The first kappa shape index (κ1) is 19.4. The third kappa shape index (κ3) is 4.56. The Kier molecular flexibility index (Phi) is 5.76. The molecule has 0 unspecified atom stereocenters. The van der Waals surface area contributed by atoms with Crippen molar-refractivity contribution >= 4 is 23.2 Å². The Hall–Kier alpha value is -2.93. The second kappa shape index (κ2) is 8.61. The smallest absolute Gasteiger partial charge is 0.289 e. The van der Waals surface area contributed by atoms with E-state index < -0.39 is 0 Å². The van der Waals surface area contributed by atoms with Crippen molar-refractivity contribution in [2.24, 2.45) is 10.9 Å². The van der Waals surface area contributed by atoms with E-state index in [2.05, 4.69) is 36.2 Å². The highest BCUT2D eigenvalue weighted by Crippen LogP contribution is 2.20. The Morgan fingerprint density at radius 3 is 2.62 bits per heavy atom. The van der Waals surface area contributed by atoms with Gasteiger partial charge in [-0.25, -0.2) is 0 Å². The quantitative estimate of drug-likeness (QED) is 0.663. The summed E-state index contributed by atoms with van der Waals surface area (Å²) in [5.74, 6) is -0.0250. The highest BCUT2D eigenvalue weighted by Gasteiger charge is 2.28. The molecule has 0 atom stereocenters. The Bertz CT molecular complexity index is 1040. The zero-order chi connectivity index (χ0) is 20.2. The van der Waals surface area contributed by atoms with Gasteiger partial charge in [0.1, 0.15) is 0 Å². The molecule has 0 aliphatic carbocycles. The Labute approximate surface area is 173 Å². The number of amides is 2. The average molecular weight is 410 g/mol. The predicted octanol–water partition coefficient (Wildman–Crippen LogP) is 3.48. The van der Waals surface area contributed by atoms with Crippen molar-refractivity contribution in [1.29, 1.82) is 0 Å². The lowest BCUT2D eigenvalue weighted by Gasteiger charge is -2.29. The number of nitrogens with zero attached hydrogens (tertiary/aromatic N) is 3. The summed E-state index contributed by atoms with van der Waals surface area (Å²) in [6, 6.07) is 11.7. The summed E-state index contributed by atoms with van der Waals surface area (Å²) < 4.78 is 7.19. The van der Waals surface area contributed by atoms with Gasteiger partial charge in [-0.1, -0.05) is 29.8 Å². The van der Waals surface area contributed by atoms with Crippen LogP contribution in [0.25, 0.3) is 0 Å². The molecule has 7 heteroatoms. The van der Waals surface area contributed by atoms with Crippen LogP contribution in [0.3, 0.4) is 0 Å². The van der Waals surface area contributed by atoms with E-state index in [9.17, 15) is 9.59 Å². The number of aromatic nitrogens is 1. The zero-order valence-electron chi connectivity index (χ0n) is 16.3. The number of carbonyl (C=O) groups is 2. The summed E-state index contributed by atoms with van der Waals surface area (Å²) >= 11 is 1.47. The van der Waals surface area contributed by atoms with E-state index in [-0.39, 0.29) is 17.7 Å². The molecule has 2 amide bonds. The molecule has 0 radical (unpaired) electrons. The van der Waals surface area contributed by atoms with Gasteiger partial charge in [0.2, 0.25) is 0 Å². The number of thiazole rings is 1. The molecule has 4 rings (SSSR count). The minimum absolute atomic E-state index is 0.102. The number of piperidine rings is 1. The van der Waals surface area contributed by atoms with Crippen LogP contribution >= 0.6 is 11.3 Å². The first-order chi connectivity index (χ1) is 14.1. The number of aryl methyl sites for hydroxylation is 1. The second-order valence-electron chi connectivity index (χ2n) is 7.29. The first-order valence-electron chi connectivity index (χ1n) is 9.71. The lowest BCUT2D eigenvalue weighted by Crippen LogP contribution is -2.40. The number of rotatable bonds is 4. The molecule has 1 fully saturated rings. The van der Waals surface area contributed by atoms with Gasteiger partial charge >= 0.3 is 0 Å². The standard InChI is InChI=1S/C22H23N3O3S/c1-16-4-6-17(7-5-16)15-25-12-14-29-22(25)23-20(26)18-8-10-24(11-9-18)21(27)19-3-2-13-28-19/h2-7,12-14,18H,8-11,15H2,1H3. The van der Waals surface area contributed by atoms with Gasteiger partial charge in [-0.05, 0) is 37.5 Å². The molecule has 29 heavy (non-hydrogen) atoms. The number of benzene rings is 1. The molecule has 2 aromatic heterocycles. The number of hydrogen-bond acceptors (Lipinski definition) is 4. The fourth-order valence-corrected chi connectivity index (χ4v) is 4.20. The van der Waals surface area contributed by atoms with Crippen LogP contribution in [0.4, 0.5) is 0 Å². The van der Waals surface area contributed by atoms with Gasteiger partial charge in [0.05, 0.1) is 6.26 Å². The summed E-state index contributed by atoms with van der Waals surface area (Å²) in [7, 11) is 0. The van der Waals surface area contributed by atoms with Crippen LogP contribution in [-0.4, -0.2) is 34.4 Å². The molecular formula is C22H23N3O3S. The van der Waals surface area contributed by atoms with Gasteiger partial charge in [-0.2, -0.15) is 4.99 Å². The Balaban J connectivity index is 1.40. The Morgan fingerprint density at radius 2 is 1.93 bits per heavy atom. The molecule has 0 spiro atoms. The molecule has 3 aromatic rings. The van der Waals surface area contributed by atoms with E-state index >= 15 is 0 Å². The topological polar surface area (TPSA) is 67.8 Å². The number of hydrogen-bond donors (Lipinski definition) is 0. The van der Waals surface area contributed by atoms with Gasteiger partial charge < -0.3 is 13.9 Å². The lowest BCUT2D eigenvalue weighted by molar-refractivity contribution is -0.123. The number of furan rings is 1. The van der Waals surface area contributed by atoms with E-state index in [0.717, 1.165) is 0 Å². The predicted molar refractivity (Wildman–Crippen MR) is 110 cm³/mol. The molecule has 150 valence electrons. The molecule has 3 heterocycles. The monoisotopic (exact) mass is 409 g/mol. The second-order valence-corrected chi connectivity index (χ2v) is 8.17. The number of carbonyl (C=O) groups excluding carboxylic acids is 2. The fraction of sp³-hybridized carbons (Fsp3) is 0.318. The summed E-state index contributed by atoms with van der Waals surface area (Å²) in [6.45, 7) is 3.83. The summed E-state index contributed by atoms with van der Waals surface area (Å²) in [6.07, 6.45) is 4.70. The summed E-state index contributed by atoms with van der Waals surface area (Å²) in [4.78, 5) is 31.9. The largest absolute Gasteiger partial charge is 0.459 e. The van der Waals surface area contributed by atoms with Gasteiger partial charge in [0.25, 0.3) is 11.8 Å². The lowest BCUT2D eigenvalue weighted by atomic mass is 9.96. The van der Waals surface area contributed by atoms with Crippen molar-refractivity contribution in [2.75, 3.05) is 13.1 Å². The van der Waals surface area contributed by atoms with Crippen molar-refractivity contribution in [1.82, 2.24) is 9.47 Å². The van der Waals surface area contributed by atoms with Gasteiger partial charge in [-0.15, -0.1) is 11.3 Å². The van der Waals surface area contributed by atoms with E-state index in [4.69, 9.17) is 4.42 Å². The molecule has 6 nitrogen and oxygen atoms in total. The highest BCUT2D eigenvalue weighted by atomic mass is 32.1. The van der Waals surface area contributed by atoms with Gasteiger partial charge in [0, 0.05) is 37.1 Å². The maximum atomic E-state index is 12.7. The zero-order valence-corrected chi connectivity index (χ0v) is 17.1. The van der Waals surface area contributed by atoms with Crippen molar-refractivity contribution in [2.45, 2.75) is 26.3 Å². The maximum absolute atomic E-state index is 12.7. The van der Waals surface area contributed by atoms with E-state index in [0.29, 0.717) is 43.0 Å². The van der Waals surface area contributed by atoms with Gasteiger partial charge in [0.15, 0.2) is 10.6 Å². The SMILES string of the molecule is Cc1ccc(Cn2ccsc2=NC(=O)C2CCN(C(=O)c3ccco3)CC2)cc1. The highest BCUT2D eigenvalue weighted by molar-refractivity contribution is 7.07.